The van der Waals surface area contributed by atoms with Crippen LogP contribution in [0.5, 0.6) is 0 Å². The second-order valence-electron chi connectivity index (χ2n) is 5.90. The zero-order chi connectivity index (χ0) is 11.3. The van der Waals surface area contributed by atoms with Crippen molar-refractivity contribution in [2.45, 2.75) is 58.5 Å². The first-order valence-electron chi connectivity index (χ1n) is 6.05. The van der Waals surface area contributed by atoms with Crippen molar-refractivity contribution in [2.75, 3.05) is 0 Å². The third-order valence-corrected chi connectivity index (χ3v) is 9.51. The monoisotopic (exact) mass is 336 g/mol. The minimum atomic E-state index is 0.461. The van der Waals surface area contributed by atoms with Gasteiger partial charge in [0.2, 0.25) is 0 Å². The molecule has 0 saturated carbocycles. The molecular weight excluding hydrogens is 314 g/mol. The molecule has 0 radical (unpaired) electrons. The number of hydrogen-bond acceptors (Lipinski definition) is 0. The van der Waals surface area contributed by atoms with Gasteiger partial charge in [-0.1, -0.05) is 60.9 Å². The van der Waals surface area contributed by atoms with Crippen molar-refractivity contribution in [3.05, 3.63) is 11.1 Å². The Bertz CT molecular complexity index is 306. The molecule has 2 aliphatic carbocycles. The van der Waals surface area contributed by atoms with E-state index in [0.29, 0.717) is 10.6 Å². The Hall–Kier alpha value is 0.900. The molecular formula is C13H22IP. The predicted molar refractivity (Wildman–Crippen MR) is 79.2 cm³/mol. The molecule has 0 bridgehead atoms. The van der Waals surface area contributed by atoms with Gasteiger partial charge < -0.3 is 0 Å². The molecule has 2 rings (SSSR count). The lowest BCUT2D eigenvalue weighted by Crippen LogP contribution is -2.31. The molecule has 3 atom stereocenters. The van der Waals surface area contributed by atoms with Gasteiger partial charge >= 0.3 is 0 Å². The molecule has 0 saturated heterocycles. The van der Waals surface area contributed by atoms with Crippen LogP contribution < -0.4 is 0 Å². The van der Waals surface area contributed by atoms with Crippen LogP contribution in [0.3, 0.4) is 0 Å². The van der Waals surface area contributed by atoms with E-state index in [1.54, 1.807) is 0 Å². The summed E-state index contributed by atoms with van der Waals surface area (Å²) in [5.74, 6) is 0.823. The minimum absolute atomic E-state index is 0.461. The van der Waals surface area contributed by atoms with Crippen LogP contribution in [0.1, 0.15) is 53.4 Å². The fourth-order valence-corrected chi connectivity index (χ4v) is 6.87. The Morgan fingerprint density at radius 3 is 2.20 bits per heavy atom. The molecule has 2 heteroatoms. The first kappa shape index (κ1) is 12.4. The van der Waals surface area contributed by atoms with E-state index >= 15 is 0 Å². The number of rotatable bonds is 1. The van der Waals surface area contributed by atoms with Crippen molar-refractivity contribution in [1.29, 1.82) is 0 Å². The van der Waals surface area contributed by atoms with Gasteiger partial charge in [0.05, 0.1) is 0 Å². The molecule has 2 aliphatic rings. The van der Waals surface area contributed by atoms with Crippen molar-refractivity contribution >= 4 is 28.3 Å². The van der Waals surface area contributed by atoms with Crippen LogP contribution in [-0.2, 0) is 0 Å². The summed E-state index contributed by atoms with van der Waals surface area (Å²) in [4.78, 5) is 0. The lowest BCUT2D eigenvalue weighted by atomic mass is 9.74. The molecule has 86 valence electrons. The van der Waals surface area contributed by atoms with E-state index in [2.05, 4.69) is 49.7 Å². The fraction of sp³-hybridized carbons (Fsp3) is 0.846. The maximum Gasteiger partial charge on any atom is 0.0185 e. The highest BCUT2D eigenvalue weighted by Gasteiger charge is 2.52. The summed E-state index contributed by atoms with van der Waals surface area (Å²) in [6, 6.07) is 0. The molecule has 0 aromatic carbocycles. The molecule has 0 heterocycles. The van der Waals surface area contributed by atoms with Crippen molar-refractivity contribution in [3.63, 3.8) is 0 Å². The van der Waals surface area contributed by atoms with E-state index in [1.165, 1.54) is 25.7 Å². The largest absolute Gasteiger partial charge is 0.0641 e. The third kappa shape index (κ3) is 1.64. The third-order valence-electron chi connectivity index (χ3n) is 5.02. The number of hydrogen-bond donors (Lipinski definition) is 0. The minimum Gasteiger partial charge on any atom is -0.0641 e. The molecule has 0 aromatic heterocycles. The van der Waals surface area contributed by atoms with E-state index in [4.69, 9.17) is 0 Å². The molecule has 0 fully saturated rings. The highest BCUT2D eigenvalue weighted by atomic mass is 127. The molecule has 0 nitrogen and oxygen atoms in total. The van der Waals surface area contributed by atoms with E-state index in [1.807, 2.05) is 11.1 Å². The van der Waals surface area contributed by atoms with Crippen molar-refractivity contribution < 1.29 is 0 Å². The molecule has 0 spiro atoms. The average Bonchev–Trinajstić information content (AvgIpc) is 2.40. The van der Waals surface area contributed by atoms with Crippen LogP contribution >= 0.6 is 28.3 Å². The number of allylic oxidation sites excluding steroid dienone is 2. The summed E-state index contributed by atoms with van der Waals surface area (Å²) in [5.41, 5.74) is 4.13. The zero-order valence-electron chi connectivity index (χ0n) is 10.3. The summed E-state index contributed by atoms with van der Waals surface area (Å²) in [6.07, 6.45) is 6.65. The Kier molecular flexibility index (Phi) is 3.28. The van der Waals surface area contributed by atoms with Crippen LogP contribution in [0.15, 0.2) is 11.1 Å². The van der Waals surface area contributed by atoms with E-state index < -0.39 is 0 Å². The smallest absolute Gasteiger partial charge is 0.0185 e. The van der Waals surface area contributed by atoms with Gasteiger partial charge in [-0.15, -0.1) is 0 Å². The normalized spacial score (nSPS) is 40.2. The van der Waals surface area contributed by atoms with Crippen LogP contribution in [0.2, 0.25) is 0 Å². The van der Waals surface area contributed by atoms with E-state index in [0.717, 1.165) is 12.1 Å². The zero-order valence-corrected chi connectivity index (χ0v) is 13.4. The summed E-state index contributed by atoms with van der Waals surface area (Å²) < 4.78 is 0. The standard InChI is InChI=1S/C13H22IP/c1-9-12(2,3)10-7-5-6-8-11(10)13(9,4)15-14/h9,15H,5-8H2,1-4H3. The van der Waals surface area contributed by atoms with Gasteiger partial charge in [-0.3, -0.25) is 0 Å². The summed E-state index contributed by atoms with van der Waals surface area (Å²) in [6.45, 7) is 9.93. The lowest BCUT2D eigenvalue weighted by Gasteiger charge is -2.36. The summed E-state index contributed by atoms with van der Waals surface area (Å²) >= 11 is 2.62. The van der Waals surface area contributed by atoms with Crippen molar-refractivity contribution in [3.8, 4) is 0 Å². The molecule has 0 amide bonds. The maximum absolute atomic E-state index is 2.62. The SMILES string of the molecule is CC1C(C)(C)C2=C(CCCC2)C1(C)PI. The van der Waals surface area contributed by atoms with Gasteiger partial charge in [0.15, 0.2) is 0 Å². The van der Waals surface area contributed by atoms with Crippen molar-refractivity contribution in [2.24, 2.45) is 11.3 Å². The Morgan fingerprint density at radius 1 is 1.13 bits per heavy atom. The van der Waals surface area contributed by atoms with Crippen molar-refractivity contribution in [1.82, 2.24) is 0 Å². The van der Waals surface area contributed by atoms with Crippen LogP contribution in [0.25, 0.3) is 0 Å². The second-order valence-corrected chi connectivity index (χ2v) is 8.75. The fourth-order valence-electron chi connectivity index (χ4n) is 3.57. The van der Waals surface area contributed by atoms with Gasteiger partial charge in [0.1, 0.15) is 0 Å². The molecule has 0 aromatic rings. The van der Waals surface area contributed by atoms with E-state index in [9.17, 15) is 0 Å². The first-order valence-corrected chi connectivity index (χ1v) is 10.2. The average molecular weight is 336 g/mol. The van der Waals surface area contributed by atoms with Crippen LogP contribution in [-0.4, -0.2) is 5.16 Å². The van der Waals surface area contributed by atoms with Crippen LogP contribution in [0.4, 0.5) is 0 Å². The highest BCUT2D eigenvalue weighted by molar-refractivity contribution is 14.2. The summed E-state index contributed by atoms with van der Waals surface area (Å²) in [7, 11) is 0. The van der Waals surface area contributed by atoms with E-state index in [-0.39, 0.29) is 0 Å². The lowest BCUT2D eigenvalue weighted by molar-refractivity contribution is 0.280. The number of halogens is 1. The van der Waals surface area contributed by atoms with Gasteiger partial charge in [-0.25, -0.2) is 0 Å². The topological polar surface area (TPSA) is 0 Å². The maximum atomic E-state index is 2.62. The summed E-state index contributed by atoms with van der Waals surface area (Å²) in [5, 5.41) is 0.514. The highest BCUT2D eigenvalue weighted by Crippen LogP contribution is 2.64. The quantitative estimate of drug-likeness (QED) is 0.345. The molecule has 0 aliphatic heterocycles. The molecule has 3 unspecified atom stereocenters. The second kappa shape index (κ2) is 3.98. The Balaban J connectivity index is 2.50. The first-order chi connectivity index (χ1) is 6.94. The van der Waals surface area contributed by atoms with Crippen LogP contribution in [0, 0.1) is 11.3 Å². The Labute approximate surface area is 109 Å². The van der Waals surface area contributed by atoms with Gasteiger partial charge in [-0.2, -0.15) is 0 Å². The Morgan fingerprint density at radius 2 is 1.67 bits per heavy atom. The van der Waals surface area contributed by atoms with Gasteiger partial charge in [0, 0.05) is 5.16 Å². The molecule has 0 N–H and O–H groups in total. The van der Waals surface area contributed by atoms with Gasteiger partial charge in [-0.05, 0) is 43.2 Å². The predicted octanol–water partition coefficient (Wildman–Crippen LogP) is 5.32. The van der Waals surface area contributed by atoms with Gasteiger partial charge in [0.25, 0.3) is 0 Å². The molecule has 15 heavy (non-hydrogen) atoms.